The van der Waals surface area contributed by atoms with Gasteiger partial charge in [-0.25, -0.2) is 4.98 Å². The highest BCUT2D eigenvalue weighted by Gasteiger charge is 2.19. The van der Waals surface area contributed by atoms with Crippen molar-refractivity contribution in [3.8, 4) is 11.3 Å². The summed E-state index contributed by atoms with van der Waals surface area (Å²) in [6.07, 6.45) is 5.53. The molecular weight excluding hydrogens is 236 g/mol. The molecule has 3 nitrogen and oxygen atoms in total. The Morgan fingerprint density at radius 3 is 3.00 bits per heavy atom. The highest BCUT2D eigenvalue weighted by Crippen LogP contribution is 2.30. The highest BCUT2D eigenvalue weighted by molar-refractivity contribution is 5.65. The lowest BCUT2D eigenvalue weighted by molar-refractivity contribution is 0.510. The SMILES string of the molecule is c1coc(Cc2ncc3n2CCc2ccccc2-3)c1. The molecule has 0 radical (unpaired) electrons. The Bertz CT molecular complexity index is 710. The highest BCUT2D eigenvalue weighted by atomic mass is 16.3. The molecule has 3 heteroatoms. The Balaban J connectivity index is 1.77. The first kappa shape index (κ1) is 10.6. The van der Waals surface area contributed by atoms with Gasteiger partial charge in [-0.15, -0.1) is 0 Å². The predicted molar refractivity (Wildman–Crippen MR) is 72.9 cm³/mol. The Hall–Kier alpha value is -2.29. The molecule has 0 aliphatic carbocycles. The topological polar surface area (TPSA) is 31.0 Å². The van der Waals surface area contributed by atoms with Crippen molar-refractivity contribution >= 4 is 0 Å². The first-order chi connectivity index (χ1) is 9.42. The maximum absolute atomic E-state index is 5.41. The average molecular weight is 250 g/mol. The lowest BCUT2D eigenvalue weighted by Crippen LogP contribution is -2.13. The van der Waals surface area contributed by atoms with Gasteiger partial charge in [-0.05, 0) is 24.1 Å². The minimum atomic E-state index is 0.759. The third kappa shape index (κ3) is 1.70. The van der Waals surface area contributed by atoms with Gasteiger partial charge in [0.25, 0.3) is 0 Å². The van der Waals surface area contributed by atoms with Gasteiger partial charge in [0, 0.05) is 12.1 Å². The zero-order valence-electron chi connectivity index (χ0n) is 10.5. The molecule has 3 heterocycles. The van der Waals surface area contributed by atoms with Crippen LogP contribution < -0.4 is 0 Å². The van der Waals surface area contributed by atoms with Crippen molar-refractivity contribution < 1.29 is 4.42 Å². The van der Waals surface area contributed by atoms with E-state index in [-0.39, 0.29) is 0 Å². The van der Waals surface area contributed by atoms with Crippen LogP contribution in [-0.2, 0) is 19.4 Å². The number of hydrogen-bond acceptors (Lipinski definition) is 2. The minimum absolute atomic E-state index is 0.759. The van der Waals surface area contributed by atoms with Crippen LogP contribution in [0.2, 0.25) is 0 Å². The van der Waals surface area contributed by atoms with E-state index >= 15 is 0 Å². The molecule has 0 N–H and O–H groups in total. The van der Waals surface area contributed by atoms with Gasteiger partial charge in [0.05, 0.1) is 24.6 Å². The summed E-state index contributed by atoms with van der Waals surface area (Å²) in [5.74, 6) is 2.05. The van der Waals surface area contributed by atoms with Crippen molar-refractivity contribution in [1.29, 1.82) is 0 Å². The van der Waals surface area contributed by atoms with Crippen LogP contribution in [-0.4, -0.2) is 9.55 Å². The monoisotopic (exact) mass is 250 g/mol. The summed E-state index contributed by atoms with van der Waals surface area (Å²) < 4.78 is 7.72. The fraction of sp³-hybridized carbons (Fsp3) is 0.188. The molecule has 1 aliphatic rings. The molecule has 19 heavy (non-hydrogen) atoms. The number of aromatic nitrogens is 2. The minimum Gasteiger partial charge on any atom is -0.469 e. The van der Waals surface area contributed by atoms with Gasteiger partial charge in [-0.3, -0.25) is 0 Å². The number of imidazole rings is 1. The van der Waals surface area contributed by atoms with Crippen molar-refractivity contribution in [1.82, 2.24) is 9.55 Å². The molecule has 0 saturated carbocycles. The quantitative estimate of drug-likeness (QED) is 0.698. The van der Waals surface area contributed by atoms with Gasteiger partial charge in [-0.2, -0.15) is 0 Å². The second kappa shape index (κ2) is 4.12. The van der Waals surface area contributed by atoms with Crippen molar-refractivity contribution in [3.63, 3.8) is 0 Å². The molecule has 3 aromatic rings. The molecule has 94 valence electrons. The van der Waals surface area contributed by atoms with E-state index in [2.05, 4.69) is 33.8 Å². The van der Waals surface area contributed by atoms with E-state index in [1.165, 1.54) is 16.8 Å². The molecule has 1 aromatic carbocycles. The third-order valence-corrected chi connectivity index (χ3v) is 3.75. The second-order valence-corrected chi connectivity index (χ2v) is 4.87. The number of rotatable bonds is 2. The molecule has 0 bridgehead atoms. The number of furan rings is 1. The van der Waals surface area contributed by atoms with E-state index in [0.29, 0.717) is 0 Å². The van der Waals surface area contributed by atoms with Crippen molar-refractivity contribution in [2.45, 2.75) is 19.4 Å². The van der Waals surface area contributed by atoms with Crippen LogP contribution in [0, 0.1) is 0 Å². The number of fused-ring (bicyclic) bond motifs is 3. The van der Waals surface area contributed by atoms with Gasteiger partial charge in [0.15, 0.2) is 0 Å². The fourth-order valence-corrected chi connectivity index (χ4v) is 2.81. The smallest absolute Gasteiger partial charge is 0.116 e. The van der Waals surface area contributed by atoms with E-state index in [1.807, 2.05) is 18.3 Å². The fourth-order valence-electron chi connectivity index (χ4n) is 2.81. The lowest BCUT2D eigenvalue weighted by atomic mass is 9.99. The summed E-state index contributed by atoms with van der Waals surface area (Å²) >= 11 is 0. The van der Waals surface area contributed by atoms with Crippen LogP contribution >= 0.6 is 0 Å². The lowest BCUT2D eigenvalue weighted by Gasteiger charge is -2.19. The van der Waals surface area contributed by atoms with Gasteiger partial charge in [0.1, 0.15) is 11.6 Å². The van der Waals surface area contributed by atoms with Gasteiger partial charge >= 0.3 is 0 Å². The summed E-state index contributed by atoms with van der Waals surface area (Å²) in [5, 5.41) is 0. The zero-order valence-corrected chi connectivity index (χ0v) is 10.5. The first-order valence-corrected chi connectivity index (χ1v) is 6.57. The van der Waals surface area contributed by atoms with E-state index < -0.39 is 0 Å². The molecule has 0 atom stereocenters. The van der Waals surface area contributed by atoms with Gasteiger partial charge in [-0.1, -0.05) is 24.3 Å². The van der Waals surface area contributed by atoms with Gasteiger partial charge < -0.3 is 8.98 Å². The van der Waals surface area contributed by atoms with Gasteiger partial charge in [0.2, 0.25) is 0 Å². The number of nitrogens with zero attached hydrogens (tertiary/aromatic N) is 2. The van der Waals surface area contributed by atoms with Crippen molar-refractivity contribution in [2.24, 2.45) is 0 Å². The molecule has 2 aromatic heterocycles. The first-order valence-electron chi connectivity index (χ1n) is 6.57. The van der Waals surface area contributed by atoms with Crippen LogP contribution in [0.3, 0.4) is 0 Å². The van der Waals surface area contributed by atoms with E-state index in [4.69, 9.17) is 4.42 Å². The number of aryl methyl sites for hydroxylation is 1. The van der Waals surface area contributed by atoms with E-state index in [9.17, 15) is 0 Å². The summed E-state index contributed by atoms with van der Waals surface area (Å²) in [4.78, 5) is 4.57. The Kier molecular flexibility index (Phi) is 2.30. The Morgan fingerprint density at radius 1 is 1.16 bits per heavy atom. The summed E-state index contributed by atoms with van der Waals surface area (Å²) in [7, 11) is 0. The largest absolute Gasteiger partial charge is 0.469 e. The van der Waals surface area contributed by atoms with E-state index in [1.54, 1.807) is 6.26 Å². The summed E-state index contributed by atoms with van der Waals surface area (Å²) in [6.45, 7) is 1.00. The standard InChI is InChI=1S/C16H14N2O/c1-2-6-14-12(4-1)7-8-18-15(14)11-17-16(18)10-13-5-3-9-19-13/h1-6,9,11H,7-8,10H2. The Labute approximate surface area is 111 Å². The molecular formula is C16H14N2O. The van der Waals surface area contributed by atoms with Crippen molar-refractivity contribution in [3.05, 3.63) is 66.0 Å². The van der Waals surface area contributed by atoms with Crippen LogP contribution in [0.4, 0.5) is 0 Å². The summed E-state index contributed by atoms with van der Waals surface area (Å²) in [5.41, 5.74) is 3.95. The summed E-state index contributed by atoms with van der Waals surface area (Å²) in [6, 6.07) is 12.5. The molecule has 1 aliphatic heterocycles. The normalized spacial score (nSPS) is 13.1. The van der Waals surface area contributed by atoms with Crippen LogP contribution in [0.25, 0.3) is 11.3 Å². The average Bonchev–Trinajstić information content (AvgIpc) is 3.09. The third-order valence-electron chi connectivity index (χ3n) is 3.75. The predicted octanol–water partition coefficient (Wildman–Crippen LogP) is 3.29. The second-order valence-electron chi connectivity index (χ2n) is 4.87. The molecule has 0 saturated heterocycles. The number of hydrogen-bond donors (Lipinski definition) is 0. The molecule has 0 unspecified atom stereocenters. The van der Waals surface area contributed by atoms with Crippen LogP contribution in [0.15, 0.2) is 53.3 Å². The molecule has 0 amide bonds. The zero-order chi connectivity index (χ0) is 12.7. The molecule has 0 fully saturated rings. The maximum Gasteiger partial charge on any atom is 0.116 e. The maximum atomic E-state index is 5.41. The molecule has 4 rings (SSSR count). The van der Waals surface area contributed by atoms with Crippen LogP contribution in [0.5, 0.6) is 0 Å². The van der Waals surface area contributed by atoms with E-state index in [0.717, 1.165) is 31.0 Å². The van der Waals surface area contributed by atoms with Crippen molar-refractivity contribution in [2.75, 3.05) is 0 Å². The number of benzene rings is 1. The Morgan fingerprint density at radius 2 is 2.11 bits per heavy atom. The van der Waals surface area contributed by atoms with Crippen LogP contribution in [0.1, 0.15) is 17.1 Å². The molecule has 0 spiro atoms.